The van der Waals surface area contributed by atoms with Gasteiger partial charge < -0.3 is 30.8 Å². The highest BCUT2D eigenvalue weighted by molar-refractivity contribution is 6.06. The summed E-state index contributed by atoms with van der Waals surface area (Å²) in [6.45, 7) is 0. The summed E-state index contributed by atoms with van der Waals surface area (Å²) >= 11 is 0. The first-order valence-corrected chi connectivity index (χ1v) is 5.89. The van der Waals surface area contributed by atoms with E-state index in [0.717, 1.165) is 18.2 Å². The van der Waals surface area contributed by atoms with Crippen LogP contribution in [0.2, 0.25) is 0 Å². The number of phenolic OH excluding ortho intramolecular Hbond substituents is 2. The first-order valence-electron chi connectivity index (χ1n) is 5.89. The molecule has 0 bridgehead atoms. The standard InChI is InChI=1S/C14H13NO6/c16-11-4-2-1-3-9(11)13(18)15-10-7-8(14(19,20)21)5-6-12(10)17/h1-7,16-17,19-21H,(H,15,18). The van der Waals surface area contributed by atoms with Gasteiger partial charge in [0, 0.05) is 5.56 Å². The Balaban J connectivity index is 2.31. The number of carbonyl (C=O) groups is 1. The minimum absolute atomic E-state index is 0.0226. The van der Waals surface area contributed by atoms with E-state index in [9.17, 15) is 15.0 Å². The molecular formula is C14H13NO6. The molecule has 0 fully saturated rings. The molecule has 1 amide bonds. The molecule has 110 valence electrons. The van der Waals surface area contributed by atoms with Crippen molar-refractivity contribution in [3.63, 3.8) is 0 Å². The predicted molar refractivity (Wildman–Crippen MR) is 72.5 cm³/mol. The molecule has 7 nitrogen and oxygen atoms in total. The van der Waals surface area contributed by atoms with E-state index in [4.69, 9.17) is 15.3 Å². The van der Waals surface area contributed by atoms with E-state index in [1.54, 1.807) is 12.1 Å². The van der Waals surface area contributed by atoms with Gasteiger partial charge in [0.2, 0.25) is 0 Å². The number of phenols is 2. The number of carbonyl (C=O) groups excluding carboxylic acids is 1. The Kier molecular flexibility index (Phi) is 3.81. The normalized spacial score (nSPS) is 11.2. The molecule has 7 heteroatoms. The number of hydrogen-bond acceptors (Lipinski definition) is 6. The zero-order chi connectivity index (χ0) is 15.6. The average Bonchev–Trinajstić information content (AvgIpc) is 2.40. The molecule has 21 heavy (non-hydrogen) atoms. The van der Waals surface area contributed by atoms with Gasteiger partial charge in [-0.05, 0) is 30.3 Å². The van der Waals surface area contributed by atoms with Gasteiger partial charge in [0.05, 0.1) is 11.3 Å². The second-order valence-corrected chi connectivity index (χ2v) is 4.34. The number of hydrogen-bond donors (Lipinski definition) is 6. The van der Waals surface area contributed by atoms with E-state index >= 15 is 0 Å². The topological polar surface area (TPSA) is 130 Å². The predicted octanol–water partition coefficient (Wildman–Crippen LogP) is 0.437. The summed E-state index contributed by atoms with van der Waals surface area (Å²) in [5.41, 5.74) is -0.513. The van der Waals surface area contributed by atoms with Gasteiger partial charge in [-0.1, -0.05) is 12.1 Å². The number of amides is 1. The first kappa shape index (κ1) is 14.8. The van der Waals surface area contributed by atoms with Crippen LogP contribution in [-0.2, 0) is 5.97 Å². The maximum atomic E-state index is 12.0. The lowest BCUT2D eigenvalue weighted by atomic mass is 10.1. The van der Waals surface area contributed by atoms with E-state index in [1.165, 1.54) is 12.1 Å². The van der Waals surface area contributed by atoms with Gasteiger partial charge in [0.1, 0.15) is 11.5 Å². The second kappa shape index (κ2) is 5.41. The van der Waals surface area contributed by atoms with Crippen molar-refractivity contribution in [1.82, 2.24) is 0 Å². The molecule has 0 radical (unpaired) electrons. The minimum atomic E-state index is -3.10. The van der Waals surface area contributed by atoms with Crippen LogP contribution in [0.5, 0.6) is 11.5 Å². The summed E-state index contributed by atoms with van der Waals surface area (Å²) in [5.74, 6) is -4.39. The van der Waals surface area contributed by atoms with Crippen LogP contribution in [-0.4, -0.2) is 31.4 Å². The summed E-state index contributed by atoms with van der Waals surface area (Å²) in [4.78, 5) is 12.0. The van der Waals surface area contributed by atoms with Crippen molar-refractivity contribution in [2.24, 2.45) is 0 Å². The van der Waals surface area contributed by atoms with Crippen molar-refractivity contribution < 1.29 is 30.3 Å². The van der Waals surface area contributed by atoms with Gasteiger partial charge >= 0.3 is 5.97 Å². The summed E-state index contributed by atoms with van der Waals surface area (Å²) in [6.07, 6.45) is 0. The molecule has 0 unspecified atom stereocenters. The Morgan fingerprint density at radius 1 is 0.952 bits per heavy atom. The van der Waals surface area contributed by atoms with E-state index in [0.29, 0.717) is 0 Å². The van der Waals surface area contributed by atoms with E-state index in [1.807, 2.05) is 0 Å². The Hall–Kier alpha value is -2.61. The number of anilines is 1. The highest BCUT2D eigenvalue weighted by Crippen LogP contribution is 2.29. The fourth-order valence-corrected chi connectivity index (χ4v) is 1.70. The van der Waals surface area contributed by atoms with Crippen molar-refractivity contribution >= 4 is 11.6 Å². The molecule has 6 N–H and O–H groups in total. The van der Waals surface area contributed by atoms with Crippen molar-refractivity contribution in [3.8, 4) is 11.5 Å². The van der Waals surface area contributed by atoms with Crippen LogP contribution in [0, 0.1) is 0 Å². The third kappa shape index (κ3) is 3.29. The molecule has 0 atom stereocenters. The van der Waals surface area contributed by atoms with E-state index in [-0.39, 0.29) is 28.3 Å². The number of benzene rings is 2. The lowest BCUT2D eigenvalue weighted by molar-refractivity contribution is -0.323. The Labute approximate surface area is 119 Å². The van der Waals surface area contributed by atoms with Crippen molar-refractivity contribution in [3.05, 3.63) is 53.6 Å². The number of aliphatic hydroxyl groups is 3. The van der Waals surface area contributed by atoms with Gasteiger partial charge in [-0.2, -0.15) is 0 Å². The van der Waals surface area contributed by atoms with Crippen LogP contribution in [0.3, 0.4) is 0 Å². The molecule has 0 saturated heterocycles. The average molecular weight is 291 g/mol. The number of para-hydroxylation sites is 1. The highest BCUT2D eigenvalue weighted by Gasteiger charge is 2.23. The van der Waals surface area contributed by atoms with Crippen LogP contribution in [0.15, 0.2) is 42.5 Å². The monoisotopic (exact) mass is 291 g/mol. The van der Waals surface area contributed by atoms with Gasteiger partial charge in [-0.15, -0.1) is 0 Å². The molecule has 0 aliphatic rings. The Morgan fingerprint density at radius 2 is 1.62 bits per heavy atom. The van der Waals surface area contributed by atoms with Gasteiger partial charge in [0.25, 0.3) is 5.91 Å². The van der Waals surface area contributed by atoms with Crippen LogP contribution in [0.25, 0.3) is 0 Å². The Morgan fingerprint density at radius 3 is 2.24 bits per heavy atom. The van der Waals surface area contributed by atoms with Crippen LogP contribution < -0.4 is 5.32 Å². The fourth-order valence-electron chi connectivity index (χ4n) is 1.70. The van der Waals surface area contributed by atoms with Crippen LogP contribution in [0.1, 0.15) is 15.9 Å². The summed E-state index contributed by atoms with van der Waals surface area (Å²) in [7, 11) is 0. The molecule has 0 aromatic heterocycles. The number of rotatable bonds is 3. The Bertz CT molecular complexity index is 677. The van der Waals surface area contributed by atoms with Crippen molar-refractivity contribution in [2.45, 2.75) is 5.97 Å². The van der Waals surface area contributed by atoms with Gasteiger partial charge in [-0.3, -0.25) is 4.79 Å². The molecule has 0 aliphatic heterocycles. The summed E-state index contributed by atoms with van der Waals surface area (Å²) in [5, 5.41) is 48.7. The van der Waals surface area contributed by atoms with Crippen molar-refractivity contribution in [1.29, 1.82) is 0 Å². The minimum Gasteiger partial charge on any atom is -0.507 e. The quantitative estimate of drug-likeness (QED) is 0.359. The number of nitrogens with one attached hydrogen (secondary N) is 1. The van der Waals surface area contributed by atoms with Crippen LogP contribution in [0.4, 0.5) is 5.69 Å². The van der Waals surface area contributed by atoms with Crippen molar-refractivity contribution in [2.75, 3.05) is 5.32 Å². The molecular weight excluding hydrogens is 278 g/mol. The molecule has 0 spiro atoms. The number of aromatic hydroxyl groups is 2. The molecule has 0 saturated carbocycles. The third-order valence-corrected chi connectivity index (χ3v) is 2.78. The summed E-state index contributed by atoms with van der Waals surface area (Å²) < 4.78 is 0. The maximum Gasteiger partial charge on any atom is 0.304 e. The van der Waals surface area contributed by atoms with E-state index in [2.05, 4.69) is 5.32 Å². The summed E-state index contributed by atoms with van der Waals surface area (Å²) in [6, 6.07) is 8.93. The maximum absolute atomic E-state index is 12.0. The SMILES string of the molecule is O=C(Nc1cc(C(O)(O)O)ccc1O)c1ccccc1O. The molecule has 2 aromatic rings. The highest BCUT2D eigenvalue weighted by atomic mass is 16.7. The fraction of sp³-hybridized carbons (Fsp3) is 0.0714. The lowest BCUT2D eigenvalue weighted by Gasteiger charge is -2.16. The lowest BCUT2D eigenvalue weighted by Crippen LogP contribution is -2.24. The zero-order valence-electron chi connectivity index (χ0n) is 10.7. The smallest absolute Gasteiger partial charge is 0.304 e. The van der Waals surface area contributed by atoms with Gasteiger partial charge in [0.15, 0.2) is 0 Å². The molecule has 2 aromatic carbocycles. The first-order chi connectivity index (χ1) is 9.79. The zero-order valence-corrected chi connectivity index (χ0v) is 10.7. The van der Waals surface area contributed by atoms with Gasteiger partial charge in [-0.25, -0.2) is 0 Å². The second-order valence-electron chi connectivity index (χ2n) is 4.34. The molecule has 0 aliphatic carbocycles. The largest absolute Gasteiger partial charge is 0.507 e. The molecule has 2 rings (SSSR count). The third-order valence-electron chi connectivity index (χ3n) is 2.78. The molecule has 0 heterocycles. The van der Waals surface area contributed by atoms with E-state index < -0.39 is 11.9 Å². The van der Waals surface area contributed by atoms with Crippen LogP contribution >= 0.6 is 0 Å².